The van der Waals surface area contributed by atoms with Gasteiger partial charge in [-0.1, -0.05) is 96.0 Å². The fraction of sp³-hybridized carbons (Fsp3) is 0.673. The number of hydrogen-bond acceptors (Lipinski definition) is 4. The fourth-order valence-corrected chi connectivity index (χ4v) is 18.3. The molecule has 10 rings (SSSR count). The summed E-state index contributed by atoms with van der Waals surface area (Å²) < 4.78 is 0. The van der Waals surface area contributed by atoms with Crippen LogP contribution in [0.3, 0.4) is 0 Å². The van der Waals surface area contributed by atoms with Crippen LogP contribution in [-0.2, 0) is 19.4 Å². The fourth-order valence-electron chi connectivity index (χ4n) is 15.3. The van der Waals surface area contributed by atoms with Gasteiger partial charge in [0.05, 0.1) is 0 Å². The maximum atomic E-state index is 11.3. The predicted molar refractivity (Wildman–Crippen MR) is 225 cm³/mol. The van der Waals surface area contributed by atoms with Crippen molar-refractivity contribution < 1.29 is 5.11 Å². The van der Waals surface area contributed by atoms with E-state index >= 15 is 0 Å². The molecule has 0 saturated heterocycles. The first kappa shape index (κ1) is 35.8. The van der Waals surface area contributed by atoms with Crippen molar-refractivity contribution in [2.75, 3.05) is 5.75 Å². The molecule has 2 nitrogen and oxygen atoms in total. The van der Waals surface area contributed by atoms with E-state index in [0.29, 0.717) is 45.1 Å². The van der Waals surface area contributed by atoms with E-state index in [1.165, 1.54) is 119 Å². The Kier molecular flexibility index (Phi) is 9.11. The lowest BCUT2D eigenvalue weighted by atomic mass is 9.36. The molecule has 0 amide bonds. The molecule has 8 aliphatic rings. The molecule has 5 spiro atoms. The monoisotopic (exact) mass is 747 g/mol. The van der Waals surface area contributed by atoms with Crippen LogP contribution < -0.4 is 5.32 Å². The van der Waals surface area contributed by atoms with Gasteiger partial charge in [0.1, 0.15) is 5.75 Å². The topological polar surface area (TPSA) is 32.3 Å². The zero-order valence-electron chi connectivity index (χ0n) is 32.7. The van der Waals surface area contributed by atoms with Crippen LogP contribution in [0.5, 0.6) is 5.75 Å². The molecular formula is C49H65NOS2. The molecule has 7 aliphatic carbocycles. The highest BCUT2D eigenvalue weighted by Crippen LogP contribution is 2.77. The molecule has 0 radical (unpaired) electrons. The van der Waals surface area contributed by atoms with Gasteiger partial charge in [0.25, 0.3) is 0 Å². The van der Waals surface area contributed by atoms with Gasteiger partial charge in [-0.15, -0.1) is 0 Å². The smallest absolute Gasteiger partial charge is 0.116 e. The number of rotatable bonds is 0. The van der Waals surface area contributed by atoms with E-state index in [2.05, 4.69) is 101 Å². The van der Waals surface area contributed by atoms with Crippen molar-refractivity contribution in [2.45, 2.75) is 147 Å². The predicted octanol–water partition coefficient (Wildman–Crippen LogP) is 12.6. The van der Waals surface area contributed by atoms with E-state index in [1.807, 2.05) is 6.07 Å². The number of aromatic hydroxyl groups is 1. The first-order valence-electron chi connectivity index (χ1n) is 21.9. The van der Waals surface area contributed by atoms with E-state index in [-0.39, 0.29) is 10.8 Å². The molecule has 0 aromatic heterocycles. The molecule has 1 aliphatic heterocycles. The Bertz CT molecular complexity index is 1760. The Morgan fingerprint density at radius 2 is 1.55 bits per heavy atom. The van der Waals surface area contributed by atoms with Gasteiger partial charge in [-0.05, 0) is 189 Å². The van der Waals surface area contributed by atoms with Crippen LogP contribution in [0.2, 0.25) is 0 Å². The highest BCUT2D eigenvalue weighted by molar-refractivity contribution is 8.77. The summed E-state index contributed by atoms with van der Waals surface area (Å²) in [5.41, 5.74) is 7.76. The van der Waals surface area contributed by atoms with Gasteiger partial charge in [0.2, 0.25) is 0 Å². The molecular weight excluding hydrogens is 683 g/mol. The van der Waals surface area contributed by atoms with E-state index in [9.17, 15) is 5.11 Å². The third-order valence-electron chi connectivity index (χ3n) is 17.2. The van der Waals surface area contributed by atoms with Crippen LogP contribution in [0.4, 0.5) is 0 Å². The van der Waals surface area contributed by atoms with Crippen LogP contribution in [-0.4, -0.2) is 22.2 Å². The average molecular weight is 748 g/mol. The maximum absolute atomic E-state index is 11.3. The average Bonchev–Trinajstić information content (AvgIpc) is 3.84. The number of phenols is 1. The normalized spacial score (nSPS) is 43.1. The van der Waals surface area contributed by atoms with Gasteiger partial charge in [0.15, 0.2) is 0 Å². The van der Waals surface area contributed by atoms with Gasteiger partial charge in [0, 0.05) is 29.0 Å². The van der Waals surface area contributed by atoms with Crippen LogP contribution in [0.15, 0.2) is 66.8 Å². The van der Waals surface area contributed by atoms with Crippen molar-refractivity contribution in [3.05, 3.63) is 89.0 Å². The number of fused-ring (bicyclic) bond motifs is 5. The van der Waals surface area contributed by atoms with Gasteiger partial charge >= 0.3 is 0 Å². The molecule has 2 aromatic carbocycles. The summed E-state index contributed by atoms with van der Waals surface area (Å²) in [6.45, 7) is 5.83. The molecule has 4 heteroatoms. The van der Waals surface area contributed by atoms with E-state index in [1.54, 1.807) is 6.42 Å². The van der Waals surface area contributed by atoms with Gasteiger partial charge in [-0.3, -0.25) is 0 Å². The Morgan fingerprint density at radius 1 is 0.774 bits per heavy atom. The lowest BCUT2D eigenvalue weighted by Crippen LogP contribution is -2.61. The first-order chi connectivity index (χ1) is 25.7. The molecule has 2 aromatic rings. The zero-order chi connectivity index (χ0) is 35.9. The molecule has 284 valence electrons. The summed E-state index contributed by atoms with van der Waals surface area (Å²) in [7, 11) is 4.30. The SMILES string of the molecule is CC1CC=CC2(C1)CC1(CCC3(CCC4(CCCC4)C3)C1)CC1C3Cc4cc(O)cc(c4)Cc4ccccc4CNC(C)CSSC4C=CC12CC4C3. The van der Waals surface area contributed by atoms with Gasteiger partial charge in [-0.2, -0.15) is 0 Å². The molecule has 10 unspecified atom stereocenters. The summed E-state index contributed by atoms with van der Waals surface area (Å²) in [5, 5.41) is 15.7. The van der Waals surface area contributed by atoms with Crippen molar-refractivity contribution in [3.63, 3.8) is 0 Å². The number of allylic oxidation sites excluding steroid dienone is 3. The van der Waals surface area contributed by atoms with Crippen LogP contribution in [0.25, 0.3) is 0 Å². The lowest BCUT2D eigenvalue weighted by Gasteiger charge is -2.68. The molecule has 10 atom stereocenters. The van der Waals surface area contributed by atoms with Crippen molar-refractivity contribution >= 4 is 21.6 Å². The quantitative estimate of drug-likeness (QED) is 0.208. The lowest BCUT2D eigenvalue weighted by molar-refractivity contribution is -0.136. The summed E-state index contributed by atoms with van der Waals surface area (Å²) >= 11 is 0. The van der Waals surface area contributed by atoms with Crippen molar-refractivity contribution in [1.82, 2.24) is 5.32 Å². The third kappa shape index (κ3) is 6.34. The molecule has 5 bridgehead atoms. The summed E-state index contributed by atoms with van der Waals surface area (Å²) in [5.74, 6) is 4.45. The minimum atomic E-state index is 0.257. The Labute approximate surface area is 329 Å². The number of benzene rings is 2. The highest BCUT2D eigenvalue weighted by Gasteiger charge is 2.68. The second kappa shape index (κ2) is 13.5. The Hall–Kier alpha value is -1.62. The molecule has 2 N–H and O–H groups in total. The van der Waals surface area contributed by atoms with Gasteiger partial charge < -0.3 is 10.4 Å². The van der Waals surface area contributed by atoms with Gasteiger partial charge in [-0.25, -0.2) is 0 Å². The van der Waals surface area contributed by atoms with Crippen molar-refractivity contribution in [3.8, 4) is 5.75 Å². The maximum Gasteiger partial charge on any atom is 0.116 e. The van der Waals surface area contributed by atoms with E-state index < -0.39 is 0 Å². The minimum Gasteiger partial charge on any atom is -0.508 e. The van der Waals surface area contributed by atoms with Crippen LogP contribution in [0.1, 0.15) is 139 Å². The second-order valence-corrected chi connectivity index (χ2v) is 23.4. The zero-order valence-corrected chi connectivity index (χ0v) is 34.4. The minimum absolute atomic E-state index is 0.257. The first-order valence-corrected chi connectivity index (χ1v) is 24.3. The Balaban J connectivity index is 1.05. The number of nitrogens with one attached hydrogen (secondary N) is 1. The van der Waals surface area contributed by atoms with E-state index in [4.69, 9.17) is 0 Å². The van der Waals surface area contributed by atoms with E-state index in [0.717, 1.165) is 37.0 Å². The Morgan fingerprint density at radius 3 is 2.40 bits per heavy atom. The summed E-state index contributed by atoms with van der Waals surface area (Å²) in [4.78, 5) is 0. The summed E-state index contributed by atoms with van der Waals surface area (Å²) in [6.07, 6.45) is 36.6. The standard InChI is InChI=1S/C49H65NOS2/c1-34-8-7-14-48(26-34)33-47(19-18-46(32-47)17-16-45(31-46)12-5-6-13-45)28-43-40-22-37-20-36(23-42(51)24-37)21-38-9-3-4-10-39(38)29-50-35(2)30-52-53-44-11-15-49(43,48)27-41(44)25-40/h3-4,7,9-11,14-15,20,23-24,34-35,40-41,43-44,50-51H,5-6,8,12-13,16-19,21-22,25-33H2,1-2H3. The third-order valence-corrected chi connectivity index (χ3v) is 20.2. The van der Waals surface area contributed by atoms with Crippen LogP contribution >= 0.6 is 21.6 Å². The van der Waals surface area contributed by atoms with Crippen LogP contribution in [0, 0.1) is 50.7 Å². The highest BCUT2D eigenvalue weighted by atomic mass is 33.1. The summed E-state index contributed by atoms with van der Waals surface area (Å²) in [6, 6.07) is 16.1. The number of phenolic OH excluding ortho intramolecular Hbond substituents is 1. The molecule has 1 heterocycles. The second-order valence-electron chi connectivity index (χ2n) is 20.8. The molecule has 5 fully saturated rings. The largest absolute Gasteiger partial charge is 0.508 e. The molecule has 53 heavy (non-hydrogen) atoms. The molecule has 5 saturated carbocycles. The number of hydrogen-bond donors (Lipinski definition) is 2. The van der Waals surface area contributed by atoms with Crippen molar-refractivity contribution in [2.24, 2.45) is 50.7 Å². The van der Waals surface area contributed by atoms with Crippen molar-refractivity contribution in [1.29, 1.82) is 0 Å².